The van der Waals surface area contributed by atoms with Crippen LogP contribution in [-0.4, -0.2) is 19.1 Å². The molecule has 2 N–H and O–H groups in total. The van der Waals surface area contributed by atoms with E-state index in [0.29, 0.717) is 5.76 Å². The topological polar surface area (TPSA) is 65.5 Å². The number of ether oxygens (including phenoxy) is 1. The number of hydrogen-bond donors (Lipinski definition) is 1. The van der Waals surface area contributed by atoms with Gasteiger partial charge < -0.3 is 14.9 Å². The SMILES string of the molecule is COC(=O)C(N)Cc1ccc(-c2cc(C(F)(F)F)ccc2Cl)o1. The number of rotatable bonds is 4. The molecule has 0 aliphatic carbocycles. The van der Waals surface area contributed by atoms with E-state index in [0.717, 1.165) is 18.2 Å². The lowest BCUT2D eigenvalue weighted by Gasteiger charge is -2.09. The summed E-state index contributed by atoms with van der Waals surface area (Å²) in [5, 5.41) is 0.121. The minimum Gasteiger partial charge on any atom is -0.468 e. The molecule has 0 radical (unpaired) electrons. The number of nitrogens with two attached hydrogens (primary N) is 1. The Morgan fingerprint density at radius 2 is 2.04 bits per heavy atom. The van der Waals surface area contributed by atoms with E-state index in [2.05, 4.69) is 4.74 Å². The van der Waals surface area contributed by atoms with Gasteiger partial charge >= 0.3 is 12.1 Å². The first-order chi connectivity index (χ1) is 10.7. The molecule has 2 rings (SSSR count). The van der Waals surface area contributed by atoms with Gasteiger partial charge in [0.05, 0.1) is 17.7 Å². The fourth-order valence-corrected chi connectivity index (χ4v) is 2.18. The summed E-state index contributed by atoms with van der Waals surface area (Å²) in [6.07, 6.45) is -4.43. The molecule has 0 saturated carbocycles. The van der Waals surface area contributed by atoms with Crippen LogP contribution in [0.2, 0.25) is 5.02 Å². The molecule has 1 unspecified atom stereocenters. The number of hydrogen-bond acceptors (Lipinski definition) is 4. The molecule has 0 aliphatic rings. The highest BCUT2D eigenvalue weighted by Gasteiger charge is 2.31. The number of carbonyl (C=O) groups is 1. The molecular weight excluding hydrogens is 335 g/mol. The summed E-state index contributed by atoms with van der Waals surface area (Å²) < 4.78 is 48.3. The van der Waals surface area contributed by atoms with Crippen LogP contribution in [0, 0.1) is 0 Å². The van der Waals surface area contributed by atoms with Gasteiger partial charge in [0.1, 0.15) is 17.6 Å². The van der Waals surface area contributed by atoms with Crippen LogP contribution in [0.15, 0.2) is 34.7 Å². The lowest BCUT2D eigenvalue weighted by atomic mass is 10.1. The van der Waals surface area contributed by atoms with E-state index < -0.39 is 23.8 Å². The van der Waals surface area contributed by atoms with Crippen molar-refractivity contribution >= 4 is 17.6 Å². The summed E-state index contributed by atoms with van der Waals surface area (Å²) in [5.74, 6) is -0.111. The highest BCUT2D eigenvalue weighted by molar-refractivity contribution is 6.33. The van der Waals surface area contributed by atoms with Gasteiger partial charge in [-0.2, -0.15) is 13.2 Å². The Bertz CT molecular complexity index is 712. The maximum atomic E-state index is 12.8. The molecule has 8 heteroatoms. The van der Waals surface area contributed by atoms with Crippen molar-refractivity contribution in [2.24, 2.45) is 5.73 Å². The van der Waals surface area contributed by atoms with E-state index in [1.165, 1.54) is 19.2 Å². The first kappa shape index (κ1) is 17.4. The Morgan fingerprint density at radius 1 is 1.35 bits per heavy atom. The van der Waals surface area contributed by atoms with Gasteiger partial charge in [-0.15, -0.1) is 0 Å². The molecule has 23 heavy (non-hydrogen) atoms. The average Bonchev–Trinajstić information content (AvgIpc) is 2.93. The van der Waals surface area contributed by atoms with E-state index in [9.17, 15) is 18.0 Å². The first-order valence-electron chi connectivity index (χ1n) is 6.51. The van der Waals surface area contributed by atoms with Crippen LogP contribution in [0.1, 0.15) is 11.3 Å². The van der Waals surface area contributed by atoms with Crippen molar-refractivity contribution in [2.45, 2.75) is 18.6 Å². The molecule has 1 aromatic carbocycles. The van der Waals surface area contributed by atoms with Crippen molar-refractivity contribution < 1.29 is 27.1 Å². The summed E-state index contributed by atoms with van der Waals surface area (Å²) in [6.45, 7) is 0. The van der Waals surface area contributed by atoms with Gasteiger partial charge in [-0.25, -0.2) is 0 Å². The van der Waals surface area contributed by atoms with Gasteiger partial charge in [0, 0.05) is 12.0 Å². The van der Waals surface area contributed by atoms with Crippen molar-refractivity contribution in [3.8, 4) is 11.3 Å². The predicted molar refractivity (Wildman–Crippen MR) is 77.9 cm³/mol. The van der Waals surface area contributed by atoms with Crippen LogP contribution in [0.3, 0.4) is 0 Å². The van der Waals surface area contributed by atoms with Crippen LogP contribution in [-0.2, 0) is 22.1 Å². The maximum Gasteiger partial charge on any atom is 0.416 e. The lowest BCUT2D eigenvalue weighted by molar-refractivity contribution is -0.142. The molecule has 0 aliphatic heterocycles. The molecule has 1 aromatic heterocycles. The third-order valence-electron chi connectivity index (χ3n) is 3.15. The van der Waals surface area contributed by atoms with Crippen LogP contribution < -0.4 is 5.73 Å². The molecule has 0 amide bonds. The Hall–Kier alpha value is -1.99. The van der Waals surface area contributed by atoms with E-state index >= 15 is 0 Å². The predicted octanol–water partition coefficient (Wildman–Crippen LogP) is 3.66. The van der Waals surface area contributed by atoms with E-state index in [1.54, 1.807) is 0 Å². The highest BCUT2D eigenvalue weighted by Crippen LogP contribution is 2.36. The summed E-state index contributed by atoms with van der Waals surface area (Å²) in [5.41, 5.74) is 4.89. The molecular formula is C15H13ClF3NO3. The molecule has 2 aromatic rings. The zero-order valence-corrected chi connectivity index (χ0v) is 12.7. The maximum absolute atomic E-state index is 12.8. The lowest BCUT2D eigenvalue weighted by Crippen LogP contribution is -2.33. The van der Waals surface area contributed by atoms with Crippen molar-refractivity contribution in [1.82, 2.24) is 0 Å². The summed E-state index contributed by atoms with van der Waals surface area (Å²) in [7, 11) is 1.21. The second kappa shape index (κ2) is 6.64. The second-order valence-corrected chi connectivity index (χ2v) is 5.20. The van der Waals surface area contributed by atoms with E-state index in [-0.39, 0.29) is 22.8 Å². The van der Waals surface area contributed by atoms with Gasteiger partial charge in [0.15, 0.2) is 0 Å². The largest absolute Gasteiger partial charge is 0.468 e. The number of benzene rings is 1. The number of halogens is 4. The smallest absolute Gasteiger partial charge is 0.416 e. The number of furan rings is 1. The monoisotopic (exact) mass is 347 g/mol. The second-order valence-electron chi connectivity index (χ2n) is 4.79. The van der Waals surface area contributed by atoms with Gasteiger partial charge in [-0.1, -0.05) is 11.6 Å². The van der Waals surface area contributed by atoms with Crippen molar-refractivity contribution in [2.75, 3.05) is 7.11 Å². The third kappa shape index (κ3) is 4.05. The first-order valence-corrected chi connectivity index (χ1v) is 6.89. The molecule has 0 bridgehead atoms. The van der Waals surface area contributed by atoms with Gasteiger partial charge in [0.25, 0.3) is 0 Å². The zero-order valence-electron chi connectivity index (χ0n) is 12.0. The van der Waals surface area contributed by atoms with Gasteiger partial charge in [-0.05, 0) is 30.3 Å². The molecule has 0 spiro atoms. The highest BCUT2D eigenvalue weighted by atomic mass is 35.5. The normalized spacial score (nSPS) is 13.0. The van der Waals surface area contributed by atoms with Gasteiger partial charge in [0.2, 0.25) is 0 Å². The number of esters is 1. The summed E-state index contributed by atoms with van der Waals surface area (Å²) in [6, 6.07) is 5.03. The average molecular weight is 348 g/mol. The Kier molecular flexibility index (Phi) is 5.01. The molecule has 1 atom stereocenters. The number of carbonyl (C=O) groups excluding carboxylic acids is 1. The van der Waals surface area contributed by atoms with Crippen LogP contribution in [0.5, 0.6) is 0 Å². The van der Waals surface area contributed by atoms with Crippen molar-refractivity contribution in [3.05, 3.63) is 46.7 Å². The zero-order chi connectivity index (χ0) is 17.2. The molecule has 1 heterocycles. The van der Waals surface area contributed by atoms with E-state index in [4.69, 9.17) is 21.8 Å². The minimum atomic E-state index is -4.48. The fourth-order valence-electron chi connectivity index (χ4n) is 1.97. The van der Waals surface area contributed by atoms with Gasteiger partial charge in [-0.3, -0.25) is 4.79 Å². The molecule has 124 valence electrons. The summed E-state index contributed by atoms with van der Waals surface area (Å²) >= 11 is 5.94. The van der Waals surface area contributed by atoms with Crippen molar-refractivity contribution in [1.29, 1.82) is 0 Å². The summed E-state index contributed by atoms with van der Waals surface area (Å²) in [4.78, 5) is 11.3. The third-order valence-corrected chi connectivity index (χ3v) is 3.48. The molecule has 0 fully saturated rings. The van der Waals surface area contributed by atoms with Crippen LogP contribution >= 0.6 is 11.6 Å². The van der Waals surface area contributed by atoms with Crippen LogP contribution in [0.4, 0.5) is 13.2 Å². The fraction of sp³-hybridized carbons (Fsp3) is 0.267. The minimum absolute atomic E-state index is 0.0588. The van der Waals surface area contributed by atoms with E-state index in [1.807, 2.05) is 0 Å². The quantitative estimate of drug-likeness (QED) is 0.857. The molecule has 0 saturated heterocycles. The van der Waals surface area contributed by atoms with Crippen molar-refractivity contribution in [3.63, 3.8) is 0 Å². The Balaban J connectivity index is 2.28. The Labute approximate surface area is 135 Å². The Morgan fingerprint density at radius 3 is 2.65 bits per heavy atom. The number of methoxy groups -OCH3 is 1. The van der Waals surface area contributed by atoms with Crippen LogP contribution in [0.25, 0.3) is 11.3 Å². The standard InChI is InChI=1S/C15H13ClF3NO3/c1-22-14(21)12(20)7-9-3-5-13(23-9)10-6-8(15(17,18)19)2-4-11(10)16/h2-6,12H,7,20H2,1H3. The molecule has 4 nitrogen and oxygen atoms in total. The number of alkyl halides is 3.